The summed E-state index contributed by atoms with van der Waals surface area (Å²) in [5.41, 5.74) is 1.89. The van der Waals surface area contributed by atoms with Crippen LogP contribution in [0.25, 0.3) is 0 Å². The Labute approximate surface area is 413 Å². The molecule has 20 nitrogen and oxygen atoms in total. The molecule has 4 atom stereocenters. The maximum Gasteiger partial charge on any atom is 0.261 e. The van der Waals surface area contributed by atoms with E-state index in [-0.39, 0.29) is 150 Å². The summed E-state index contributed by atoms with van der Waals surface area (Å²) in [4.78, 5) is 113. The van der Waals surface area contributed by atoms with Crippen LogP contribution in [0.5, 0.6) is 0 Å². The van der Waals surface area contributed by atoms with E-state index in [0.717, 1.165) is 19.6 Å². The highest BCUT2D eigenvalue weighted by molar-refractivity contribution is 6.23. The molecule has 0 aromatic heterocycles. The van der Waals surface area contributed by atoms with Gasteiger partial charge in [0.25, 0.3) is 47.3 Å². The van der Waals surface area contributed by atoms with Crippen LogP contribution in [-0.2, 0) is 37.9 Å². The van der Waals surface area contributed by atoms with Crippen molar-refractivity contribution >= 4 is 47.3 Å². The predicted molar refractivity (Wildman–Crippen MR) is 249 cm³/mol. The fraction of sp³-hybridized carbons (Fsp3) is 0.385. The fourth-order valence-corrected chi connectivity index (χ4v) is 9.13. The lowest BCUT2D eigenvalue weighted by Gasteiger charge is -2.32. The van der Waals surface area contributed by atoms with E-state index in [1.165, 1.54) is 0 Å². The van der Waals surface area contributed by atoms with E-state index in [2.05, 4.69) is 0 Å². The number of amides is 8. The molecule has 1 saturated heterocycles. The van der Waals surface area contributed by atoms with Gasteiger partial charge in [-0.2, -0.15) is 0 Å². The summed E-state index contributed by atoms with van der Waals surface area (Å²) >= 11 is 0. The van der Waals surface area contributed by atoms with Crippen molar-refractivity contribution in [2.75, 3.05) is 105 Å². The molecule has 4 aromatic rings. The van der Waals surface area contributed by atoms with Gasteiger partial charge in [0, 0.05) is 0 Å². The summed E-state index contributed by atoms with van der Waals surface area (Å²) in [6, 6.07) is 25.8. The van der Waals surface area contributed by atoms with Gasteiger partial charge < -0.3 is 37.9 Å². The van der Waals surface area contributed by atoms with Gasteiger partial charge in [-0.15, -0.1) is 0 Å². The molecule has 5 heterocycles. The molecule has 5 aliphatic heterocycles. The third-order valence-corrected chi connectivity index (χ3v) is 12.8. The molecule has 20 heteroatoms. The summed E-state index contributed by atoms with van der Waals surface area (Å²) in [7, 11) is 0. The van der Waals surface area contributed by atoms with Crippen molar-refractivity contribution in [3.8, 4) is 0 Å². The quantitative estimate of drug-likeness (QED) is 0.232. The Morgan fingerprint density at radius 1 is 0.264 bits per heavy atom. The van der Waals surface area contributed by atoms with Crippen LogP contribution < -0.4 is 0 Å². The Morgan fingerprint density at radius 2 is 0.417 bits per heavy atom. The average Bonchev–Trinajstić information content (AvgIpc) is 3.98. The maximum atomic E-state index is 13.6. The lowest BCUT2D eigenvalue weighted by molar-refractivity contribution is -0.112. The number of carbonyl (C=O) groups excluding carboxylic acids is 8. The van der Waals surface area contributed by atoms with Crippen LogP contribution in [0.2, 0.25) is 0 Å². The normalized spacial score (nSPS) is 23.3. The topological polar surface area (TPSA) is 223 Å². The largest absolute Gasteiger partial charge is 0.377 e. The van der Waals surface area contributed by atoms with Gasteiger partial charge in [0.05, 0.1) is 150 Å². The fourth-order valence-electron chi connectivity index (χ4n) is 9.13. The zero-order chi connectivity index (χ0) is 50.1. The second kappa shape index (κ2) is 23.1. The van der Waals surface area contributed by atoms with Gasteiger partial charge >= 0.3 is 0 Å². The van der Waals surface area contributed by atoms with E-state index in [0.29, 0.717) is 0 Å². The van der Waals surface area contributed by atoms with Crippen molar-refractivity contribution in [1.82, 2.24) is 19.6 Å². The molecule has 0 aliphatic carbocycles. The van der Waals surface area contributed by atoms with Crippen LogP contribution in [0.4, 0.5) is 0 Å². The van der Waals surface area contributed by atoms with Crippen LogP contribution in [0, 0.1) is 0 Å². The van der Waals surface area contributed by atoms with Crippen LogP contribution in [0.1, 0.15) is 82.9 Å². The van der Waals surface area contributed by atoms with Gasteiger partial charge in [-0.25, -0.2) is 0 Å². The number of rotatable bonds is 8. The first-order valence-corrected chi connectivity index (χ1v) is 23.7. The minimum Gasteiger partial charge on any atom is -0.377 e. The molecule has 376 valence electrons. The van der Waals surface area contributed by atoms with Crippen LogP contribution in [0.15, 0.2) is 97.1 Å². The molecule has 4 aromatic carbocycles. The number of fused-ring (bicyclic) bond motifs is 4. The summed E-state index contributed by atoms with van der Waals surface area (Å²) < 4.78 is 48.6. The Balaban J connectivity index is 0.886. The van der Waals surface area contributed by atoms with Crippen molar-refractivity contribution < 1.29 is 76.3 Å². The number of hydrogen-bond acceptors (Lipinski definition) is 16. The Morgan fingerprint density at radius 3 is 0.583 bits per heavy atom. The lowest BCUT2D eigenvalue weighted by atomic mass is 10.1. The number of nitrogens with zero attached hydrogens (tertiary/aromatic N) is 4. The molecule has 9 rings (SSSR count). The molecule has 1 fully saturated rings. The SMILES string of the molecule is O=C1c2ccccc2C(=O)N1C[C@@H]1OCCOCCOCCO[C@@H](CN2C(=O)c3ccccc3C2=O)[C@@H](CN2C(=O)c3ccccc3C2=O)OCCOCCOCCO[C@H]1CN1C(=O)c2ccccc2C1=O. The van der Waals surface area contributed by atoms with Crippen molar-refractivity contribution in [2.24, 2.45) is 0 Å². The second-order valence-electron chi connectivity index (χ2n) is 17.2. The van der Waals surface area contributed by atoms with E-state index < -0.39 is 71.7 Å². The predicted octanol–water partition coefficient (Wildman–Crippen LogP) is 2.79. The summed E-state index contributed by atoms with van der Waals surface area (Å²) in [6.07, 6.45) is -4.18. The Hall–Kier alpha value is -6.88. The first kappa shape index (κ1) is 50.1. The van der Waals surface area contributed by atoms with E-state index in [9.17, 15) is 38.4 Å². The minimum absolute atomic E-state index is 0.0283. The van der Waals surface area contributed by atoms with Gasteiger partial charge in [0.1, 0.15) is 24.4 Å². The van der Waals surface area contributed by atoms with E-state index >= 15 is 0 Å². The standard InChI is InChI=1S/C52H52N4O16/c57-45-33-9-1-2-10-34(33)46(58)53(45)29-41-42(30-54-47(59)35-11-3-4-12-36(35)48(54)60)70-26-22-66-19-20-68-24-28-72-44(32-56-51(63)39-15-7-8-16-40(39)52(56)64)43(71-27-23-67-18-17-65-21-25-69-41)31-55-49(61)37-13-5-6-14-38(37)50(55)62/h1-16,41-44H,17-32H2/t41-,42-,43-,44+/m0/s1. The highest BCUT2D eigenvalue weighted by atomic mass is 16.6. The first-order valence-electron chi connectivity index (χ1n) is 23.7. The smallest absolute Gasteiger partial charge is 0.261 e. The molecule has 0 N–H and O–H groups in total. The zero-order valence-electron chi connectivity index (χ0n) is 39.2. The Kier molecular flexibility index (Phi) is 16.1. The number of hydrogen-bond donors (Lipinski definition) is 0. The third-order valence-electron chi connectivity index (χ3n) is 12.8. The van der Waals surface area contributed by atoms with Crippen LogP contribution in [0.3, 0.4) is 0 Å². The number of ether oxygens (including phenoxy) is 8. The monoisotopic (exact) mass is 988 g/mol. The summed E-state index contributed by atoms with van der Waals surface area (Å²) in [5, 5.41) is 0. The summed E-state index contributed by atoms with van der Waals surface area (Å²) in [5.74, 6) is -4.20. The van der Waals surface area contributed by atoms with Crippen molar-refractivity contribution in [1.29, 1.82) is 0 Å². The molecule has 0 spiro atoms. The molecule has 0 saturated carbocycles. The van der Waals surface area contributed by atoms with Gasteiger partial charge in [-0.1, -0.05) is 48.5 Å². The highest BCUT2D eigenvalue weighted by Crippen LogP contribution is 2.29. The maximum absolute atomic E-state index is 13.6. The number of imide groups is 4. The van der Waals surface area contributed by atoms with Crippen molar-refractivity contribution in [2.45, 2.75) is 24.4 Å². The lowest BCUT2D eigenvalue weighted by Crippen LogP contribution is -2.50. The van der Waals surface area contributed by atoms with Gasteiger partial charge in [-0.3, -0.25) is 58.0 Å². The van der Waals surface area contributed by atoms with E-state index in [4.69, 9.17) is 37.9 Å². The molecular weight excluding hydrogens is 937 g/mol. The number of benzene rings is 4. The van der Waals surface area contributed by atoms with Gasteiger partial charge in [0.15, 0.2) is 0 Å². The van der Waals surface area contributed by atoms with Crippen LogP contribution >= 0.6 is 0 Å². The highest BCUT2D eigenvalue weighted by Gasteiger charge is 2.44. The molecule has 72 heavy (non-hydrogen) atoms. The molecule has 8 amide bonds. The minimum atomic E-state index is -1.04. The van der Waals surface area contributed by atoms with Gasteiger partial charge in [0.2, 0.25) is 0 Å². The van der Waals surface area contributed by atoms with E-state index in [1.54, 1.807) is 97.1 Å². The first-order chi connectivity index (χ1) is 35.1. The molecule has 0 radical (unpaired) electrons. The molecular formula is C52H52N4O16. The molecule has 0 unspecified atom stereocenters. The second-order valence-corrected chi connectivity index (χ2v) is 17.2. The zero-order valence-corrected chi connectivity index (χ0v) is 39.2. The number of carbonyl (C=O) groups is 8. The third kappa shape index (κ3) is 10.7. The Bertz CT molecular complexity index is 2220. The average molecular weight is 989 g/mol. The van der Waals surface area contributed by atoms with Gasteiger partial charge in [-0.05, 0) is 48.5 Å². The van der Waals surface area contributed by atoms with Crippen molar-refractivity contribution in [3.63, 3.8) is 0 Å². The molecule has 5 aliphatic rings. The molecule has 0 bridgehead atoms. The van der Waals surface area contributed by atoms with Crippen molar-refractivity contribution in [3.05, 3.63) is 142 Å². The van der Waals surface area contributed by atoms with Crippen LogP contribution in [-0.4, -0.2) is 197 Å². The summed E-state index contributed by atoms with van der Waals surface area (Å²) in [6.45, 7) is -0.789. The van der Waals surface area contributed by atoms with E-state index in [1.807, 2.05) is 0 Å².